The molecule has 0 N–H and O–H groups in total. The third-order valence-corrected chi connectivity index (χ3v) is 6.60. The fourth-order valence-electron chi connectivity index (χ4n) is 4.11. The van der Waals surface area contributed by atoms with Crippen molar-refractivity contribution in [1.29, 1.82) is 0 Å². The van der Waals surface area contributed by atoms with E-state index in [1.807, 2.05) is 29.2 Å². The van der Waals surface area contributed by atoms with Crippen LogP contribution >= 0.6 is 23.2 Å². The van der Waals surface area contributed by atoms with Gasteiger partial charge in [0.25, 0.3) is 5.91 Å². The smallest absolute Gasteiger partial charge is 0.260 e. The number of rotatable bonds is 9. The predicted octanol–water partition coefficient (Wildman–Crippen LogP) is 5.78. The first-order chi connectivity index (χ1) is 17.0. The Kier molecular flexibility index (Phi) is 9.05. The topological polar surface area (TPSA) is 42.0 Å². The summed E-state index contributed by atoms with van der Waals surface area (Å²) in [6, 6.07) is 23.2. The van der Waals surface area contributed by atoms with Crippen molar-refractivity contribution in [3.8, 4) is 5.75 Å². The molecule has 1 amide bonds. The van der Waals surface area contributed by atoms with Gasteiger partial charge in [-0.1, -0.05) is 65.2 Å². The van der Waals surface area contributed by atoms with E-state index < -0.39 is 0 Å². The lowest BCUT2D eigenvalue weighted by Crippen LogP contribution is -2.50. The van der Waals surface area contributed by atoms with E-state index in [4.69, 9.17) is 32.7 Å². The molecule has 5 nitrogen and oxygen atoms in total. The molecule has 1 saturated heterocycles. The van der Waals surface area contributed by atoms with Crippen LogP contribution in [-0.2, 0) is 16.1 Å². The van der Waals surface area contributed by atoms with E-state index in [1.165, 1.54) is 5.56 Å². The third kappa shape index (κ3) is 7.71. The van der Waals surface area contributed by atoms with Gasteiger partial charge in [-0.3, -0.25) is 9.69 Å². The van der Waals surface area contributed by atoms with Crippen LogP contribution in [0.1, 0.15) is 22.8 Å². The van der Waals surface area contributed by atoms with Crippen LogP contribution in [0.5, 0.6) is 5.75 Å². The molecule has 1 heterocycles. The molecule has 3 aromatic carbocycles. The quantitative estimate of drug-likeness (QED) is 0.364. The van der Waals surface area contributed by atoms with E-state index in [2.05, 4.69) is 36.1 Å². The fourth-order valence-corrected chi connectivity index (χ4v) is 4.36. The van der Waals surface area contributed by atoms with Gasteiger partial charge in [0, 0.05) is 42.8 Å². The summed E-state index contributed by atoms with van der Waals surface area (Å²) in [4.78, 5) is 16.8. The lowest BCUT2D eigenvalue weighted by atomic mass is 10.1. The number of nitrogens with zero attached hydrogens (tertiary/aromatic N) is 2. The molecule has 184 valence electrons. The highest BCUT2D eigenvalue weighted by molar-refractivity contribution is 6.30. The van der Waals surface area contributed by atoms with Crippen LogP contribution in [0.2, 0.25) is 10.0 Å². The average Bonchev–Trinajstić information content (AvgIpc) is 2.87. The Balaban J connectivity index is 1.30. The monoisotopic (exact) mass is 512 g/mol. The second-order valence-corrected chi connectivity index (χ2v) is 9.64. The van der Waals surface area contributed by atoms with Crippen LogP contribution in [0, 0.1) is 6.92 Å². The van der Waals surface area contributed by atoms with Crippen molar-refractivity contribution >= 4 is 29.1 Å². The van der Waals surface area contributed by atoms with E-state index in [0.29, 0.717) is 35.5 Å². The van der Waals surface area contributed by atoms with Gasteiger partial charge < -0.3 is 14.4 Å². The van der Waals surface area contributed by atoms with Crippen LogP contribution in [0.25, 0.3) is 0 Å². The zero-order valence-electron chi connectivity index (χ0n) is 19.8. The van der Waals surface area contributed by atoms with E-state index >= 15 is 0 Å². The number of ether oxygens (including phenoxy) is 2. The van der Waals surface area contributed by atoms with Gasteiger partial charge in [0.2, 0.25) is 0 Å². The molecule has 0 unspecified atom stereocenters. The van der Waals surface area contributed by atoms with Gasteiger partial charge >= 0.3 is 0 Å². The number of aryl methyl sites for hydroxylation is 1. The molecule has 0 bridgehead atoms. The lowest BCUT2D eigenvalue weighted by molar-refractivity contribution is -0.135. The van der Waals surface area contributed by atoms with Crippen molar-refractivity contribution in [3.05, 3.63) is 99.5 Å². The molecule has 35 heavy (non-hydrogen) atoms. The van der Waals surface area contributed by atoms with E-state index in [1.54, 1.807) is 24.3 Å². The Labute approximate surface area is 217 Å². The van der Waals surface area contributed by atoms with Crippen LogP contribution in [0.4, 0.5) is 0 Å². The highest BCUT2D eigenvalue weighted by atomic mass is 35.5. The van der Waals surface area contributed by atoms with Gasteiger partial charge in [-0.2, -0.15) is 0 Å². The molecule has 1 fully saturated rings. The Morgan fingerprint density at radius 2 is 1.57 bits per heavy atom. The zero-order chi connectivity index (χ0) is 24.6. The molecule has 0 spiro atoms. The van der Waals surface area contributed by atoms with E-state index in [0.717, 1.165) is 30.8 Å². The summed E-state index contributed by atoms with van der Waals surface area (Å²) in [6.45, 7) is 6.28. The van der Waals surface area contributed by atoms with E-state index in [-0.39, 0.29) is 18.6 Å². The first-order valence-electron chi connectivity index (χ1n) is 11.8. The summed E-state index contributed by atoms with van der Waals surface area (Å²) in [6.07, 6.45) is -0.0942. The molecule has 1 atom stereocenters. The normalized spacial score (nSPS) is 15.1. The van der Waals surface area contributed by atoms with Crippen molar-refractivity contribution < 1.29 is 14.3 Å². The number of carbonyl (C=O) groups is 1. The first-order valence-corrected chi connectivity index (χ1v) is 12.5. The SMILES string of the molecule is Cc1cccc(CO[C@@H](CN2CCN(C(=O)COc3ccc(Cl)cc3)CC2)c2ccc(Cl)cc2)c1. The zero-order valence-corrected chi connectivity index (χ0v) is 21.3. The first kappa shape index (κ1) is 25.5. The molecule has 1 aliphatic rings. The Hall–Kier alpha value is -2.57. The lowest BCUT2D eigenvalue weighted by Gasteiger charge is -2.36. The molecule has 1 aliphatic heterocycles. The summed E-state index contributed by atoms with van der Waals surface area (Å²) >= 11 is 12.0. The summed E-state index contributed by atoms with van der Waals surface area (Å²) in [5.74, 6) is 0.627. The molecule has 7 heteroatoms. The molecular weight excluding hydrogens is 483 g/mol. The van der Waals surface area contributed by atoms with Crippen LogP contribution in [0.3, 0.4) is 0 Å². The Bertz CT molecular complexity index is 1100. The molecule has 0 radical (unpaired) electrons. The number of amides is 1. The maximum absolute atomic E-state index is 12.6. The Morgan fingerprint density at radius 3 is 2.23 bits per heavy atom. The largest absolute Gasteiger partial charge is 0.484 e. The van der Waals surface area contributed by atoms with Crippen molar-refractivity contribution in [2.24, 2.45) is 0 Å². The number of hydrogen-bond acceptors (Lipinski definition) is 4. The van der Waals surface area contributed by atoms with Crippen molar-refractivity contribution in [2.75, 3.05) is 39.3 Å². The third-order valence-electron chi connectivity index (χ3n) is 6.10. The minimum atomic E-state index is -0.0942. The maximum Gasteiger partial charge on any atom is 0.260 e. The standard InChI is InChI=1S/C28H30Cl2N2O3/c1-21-3-2-4-22(17-21)19-35-27(23-5-7-24(29)8-6-23)18-31-13-15-32(16-14-31)28(33)20-34-26-11-9-25(30)10-12-26/h2-12,17,27H,13-16,18-20H2,1H3/t27-/m0/s1. The second kappa shape index (κ2) is 12.4. The van der Waals surface area contributed by atoms with Gasteiger partial charge in [-0.05, 0) is 54.4 Å². The minimum Gasteiger partial charge on any atom is -0.484 e. The second-order valence-electron chi connectivity index (χ2n) is 8.76. The van der Waals surface area contributed by atoms with Gasteiger partial charge in [0.15, 0.2) is 6.61 Å². The van der Waals surface area contributed by atoms with Crippen LogP contribution in [0.15, 0.2) is 72.8 Å². The number of benzene rings is 3. The summed E-state index contributed by atoms with van der Waals surface area (Å²) in [7, 11) is 0. The van der Waals surface area contributed by atoms with Gasteiger partial charge in [0.1, 0.15) is 5.75 Å². The summed E-state index contributed by atoms with van der Waals surface area (Å²) in [5, 5.41) is 1.35. The molecule has 3 aromatic rings. The predicted molar refractivity (Wildman–Crippen MR) is 140 cm³/mol. The number of halogens is 2. The molecule has 0 aromatic heterocycles. The summed E-state index contributed by atoms with van der Waals surface area (Å²) < 4.78 is 12.0. The highest BCUT2D eigenvalue weighted by Gasteiger charge is 2.24. The number of carbonyl (C=O) groups excluding carboxylic acids is 1. The van der Waals surface area contributed by atoms with Gasteiger partial charge in [-0.15, -0.1) is 0 Å². The van der Waals surface area contributed by atoms with E-state index in [9.17, 15) is 4.79 Å². The fraction of sp³-hybridized carbons (Fsp3) is 0.321. The van der Waals surface area contributed by atoms with Crippen molar-refractivity contribution in [2.45, 2.75) is 19.6 Å². The Morgan fingerprint density at radius 1 is 0.914 bits per heavy atom. The molecule has 4 rings (SSSR count). The number of hydrogen-bond donors (Lipinski definition) is 0. The van der Waals surface area contributed by atoms with Crippen LogP contribution < -0.4 is 4.74 Å². The van der Waals surface area contributed by atoms with Gasteiger partial charge in [0.05, 0.1) is 12.7 Å². The van der Waals surface area contributed by atoms with Crippen molar-refractivity contribution in [1.82, 2.24) is 9.80 Å². The van der Waals surface area contributed by atoms with Crippen LogP contribution in [-0.4, -0.2) is 55.0 Å². The van der Waals surface area contributed by atoms with Crippen molar-refractivity contribution in [3.63, 3.8) is 0 Å². The molecular formula is C28H30Cl2N2O3. The minimum absolute atomic E-state index is 0.00968. The average molecular weight is 513 g/mol. The highest BCUT2D eigenvalue weighted by Crippen LogP contribution is 2.24. The molecule has 0 aliphatic carbocycles. The van der Waals surface area contributed by atoms with Gasteiger partial charge in [-0.25, -0.2) is 0 Å². The molecule has 0 saturated carbocycles. The number of piperazine rings is 1. The summed E-state index contributed by atoms with van der Waals surface area (Å²) in [5.41, 5.74) is 3.46. The maximum atomic E-state index is 12.6.